The average molecular weight is 234 g/mol. The number of nitrogens with one attached hydrogen (secondary N) is 1. The van der Waals surface area contributed by atoms with E-state index < -0.39 is 11.6 Å². The normalized spacial score (nSPS) is 11.8. The molecule has 0 saturated carbocycles. The Labute approximate surface area is 93.4 Å². The van der Waals surface area contributed by atoms with Crippen LogP contribution in [-0.4, -0.2) is 11.4 Å². The third kappa shape index (κ3) is 3.43. The van der Waals surface area contributed by atoms with Crippen molar-refractivity contribution < 1.29 is 8.78 Å². The summed E-state index contributed by atoms with van der Waals surface area (Å²) < 4.78 is 26.4. The van der Waals surface area contributed by atoms with Crippen LogP contribution in [0.3, 0.4) is 0 Å². The zero-order valence-electron chi connectivity index (χ0n) is 8.78. The molecule has 1 aromatic rings. The molecule has 0 radical (unpaired) electrons. The molecule has 1 rings (SSSR count). The highest BCUT2D eigenvalue weighted by atomic mass is 35.5. The van der Waals surface area contributed by atoms with Crippen LogP contribution in [-0.2, 0) is 6.54 Å². The van der Waals surface area contributed by atoms with Gasteiger partial charge < -0.3 is 5.32 Å². The molecule has 0 unspecified atom stereocenters. The first kappa shape index (κ1) is 12.4. The molecule has 1 N–H and O–H groups in total. The summed E-state index contributed by atoms with van der Waals surface area (Å²) in [5, 5.41) is 2.99. The summed E-state index contributed by atoms with van der Waals surface area (Å²) in [6, 6.07) is 3.84. The molecule has 84 valence electrons. The first-order valence-corrected chi connectivity index (χ1v) is 5.23. The molecule has 4 heteroatoms. The predicted molar refractivity (Wildman–Crippen MR) is 58.0 cm³/mol. The SMILES string of the molecule is CC(C)(CCl)NCc1c(F)cccc1F. The smallest absolute Gasteiger partial charge is 0.130 e. The Kier molecular flexibility index (Phi) is 4.05. The van der Waals surface area contributed by atoms with Gasteiger partial charge in [0, 0.05) is 23.5 Å². The largest absolute Gasteiger partial charge is 0.306 e. The number of benzene rings is 1. The molecule has 0 aromatic heterocycles. The van der Waals surface area contributed by atoms with Crippen molar-refractivity contribution in [2.45, 2.75) is 25.9 Å². The molecule has 0 amide bonds. The molecule has 0 heterocycles. The van der Waals surface area contributed by atoms with E-state index in [0.717, 1.165) is 0 Å². The molecule has 0 spiro atoms. The summed E-state index contributed by atoms with van der Waals surface area (Å²) in [7, 11) is 0. The van der Waals surface area contributed by atoms with Crippen LogP contribution >= 0.6 is 11.6 Å². The van der Waals surface area contributed by atoms with E-state index in [2.05, 4.69) is 5.32 Å². The lowest BCUT2D eigenvalue weighted by Gasteiger charge is -2.23. The second-order valence-electron chi connectivity index (χ2n) is 4.07. The fourth-order valence-electron chi connectivity index (χ4n) is 1.08. The zero-order valence-corrected chi connectivity index (χ0v) is 9.54. The van der Waals surface area contributed by atoms with Gasteiger partial charge in [-0.05, 0) is 26.0 Å². The van der Waals surface area contributed by atoms with E-state index in [4.69, 9.17) is 11.6 Å². The van der Waals surface area contributed by atoms with Gasteiger partial charge in [0.1, 0.15) is 11.6 Å². The van der Waals surface area contributed by atoms with Gasteiger partial charge in [0.2, 0.25) is 0 Å². The van der Waals surface area contributed by atoms with Crippen molar-refractivity contribution in [2.75, 3.05) is 5.88 Å². The van der Waals surface area contributed by atoms with E-state index in [1.807, 2.05) is 13.8 Å². The van der Waals surface area contributed by atoms with Gasteiger partial charge in [-0.25, -0.2) is 8.78 Å². The third-order valence-corrected chi connectivity index (χ3v) is 2.81. The van der Waals surface area contributed by atoms with Gasteiger partial charge in [0.15, 0.2) is 0 Å². The van der Waals surface area contributed by atoms with E-state index in [1.54, 1.807) is 0 Å². The average Bonchev–Trinajstić information content (AvgIpc) is 2.17. The lowest BCUT2D eigenvalue weighted by Crippen LogP contribution is -2.40. The Morgan fingerprint density at radius 1 is 1.27 bits per heavy atom. The summed E-state index contributed by atoms with van der Waals surface area (Å²) in [6.07, 6.45) is 0. The molecule has 1 aromatic carbocycles. The van der Waals surface area contributed by atoms with Crippen LogP contribution in [0.5, 0.6) is 0 Å². The van der Waals surface area contributed by atoms with Crippen molar-refractivity contribution in [3.05, 3.63) is 35.4 Å². The van der Waals surface area contributed by atoms with Crippen LogP contribution in [0.4, 0.5) is 8.78 Å². The molecule has 0 atom stereocenters. The molecule has 0 saturated heterocycles. The fourth-order valence-corrected chi connectivity index (χ4v) is 1.17. The quantitative estimate of drug-likeness (QED) is 0.789. The number of halogens is 3. The minimum Gasteiger partial charge on any atom is -0.306 e. The highest BCUT2D eigenvalue weighted by molar-refractivity contribution is 6.18. The maximum atomic E-state index is 13.2. The Morgan fingerprint density at radius 2 is 1.80 bits per heavy atom. The van der Waals surface area contributed by atoms with E-state index in [0.29, 0.717) is 5.88 Å². The fraction of sp³-hybridized carbons (Fsp3) is 0.455. The molecule has 0 aliphatic heterocycles. The van der Waals surface area contributed by atoms with Crippen molar-refractivity contribution in [2.24, 2.45) is 0 Å². The second kappa shape index (κ2) is 4.90. The minimum atomic E-state index is -0.534. The third-order valence-electron chi connectivity index (χ3n) is 2.14. The molecule has 0 aliphatic rings. The molecular formula is C11H14ClF2N. The van der Waals surface area contributed by atoms with Crippen LogP contribution in [0.25, 0.3) is 0 Å². The van der Waals surface area contributed by atoms with Crippen LogP contribution in [0.1, 0.15) is 19.4 Å². The zero-order chi connectivity index (χ0) is 11.5. The van der Waals surface area contributed by atoms with E-state index in [1.165, 1.54) is 18.2 Å². The number of hydrogen-bond acceptors (Lipinski definition) is 1. The number of rotatable bonds is 4. The van der Waals surface area contributed by atoms with Crippen LogP contribution < -0.4 is 5.32 Å². The van der Waals surface area contributed by atoms with E-state index >= 15 is 0 Å². The van der Waals surface area contributed by atoms with Gasteiger partial charge in [-0.15, -0.1) is 11.6 Å². The summed E-state index contributed by atoms with van der Waals surface area (Å²) in [6.45, 7) is 3.88. The lowest BCUT2D eigenvalue weighted by molar-refractivity contribution is 0.415. The minimum absolute atomic E-state index is 0.0516. The molecule has 0 bridgehead atoms. The van der Waals surface area contributed by atoms with Crippen molar-refractivity contribution in [1.29, 1.82) is 0 Å². The maximum absolute atomic E-state index is 13.2. The number of alkyl halides is 1. The van der Waals surface area contributed by atoms with Gasteiger partial charge >= 0.3 is 0 Å². The van der Waals surface area contributed by atoms with Crippen LogP contribution in [0.15, 0.2) is 18.2 Å². The predicted octanol–water partition coefficient (Wildman–Crippen LogP) is 3.07. The highest BCUT2D eigenvalue weighted by Gasteiger charge is 2.17. The van der Waals surface area contributed by atoms with Gasteiger partial charge in [-0.2, -0.15) is 0 Å². The van der Waals surface area contributed by atoms with Crippen molar-refractivity contribution in [3.8, 4) is 0 Å². The number of hydrogen-bond donors (Lipinski definition) is 1. The van der Waals surface area contributed by atoms with Crippen molar-refractivity contribution in [3.63, 3.8) is 0 Å². The summed E-state index contributed by atoms with van der Waals surface area (Å²) >= 11 is 5.69. The van der Waals surface area contributed by atoms with E-state index in [-0.39, 0.29) is 17.6 Å². The van der Waals surface area contributed by atoms with Gasteiger partial charge in [-0.3, -0.25) is 0 Å². The van der Waals surface area contributed by atoms with Gasteiger partial charge in [-0.1, -0.05) is 6.07 Å². The lowest BCUT2D eigenvalue weighted by atomic mass is 10.1. The maximum Gasteiger partial charge on any atom is 0.130 e. The molecule has 1 nitrogen and oxygen atoms in total. The molecule has 0 fully saturated rings. The summed E-state index contributed by atoms with van der Waals surface area (Å²) in [5.74, 6) is -0.691. The topological polar surface area (TPSA) is 12.0 Å². The van der Waals surface area contributed by atoms with Crippen molar-refractivity contribution in [1.82, 2.24) is 5.32 Å². The second-order valence-corrected chi connectivity index (χ2v) is 4.34. The molecule has 0 aliphatic carbocycles. The Hall–Kier alpha value is -0.670. The first-order valence-electron chi connectivity index (χ1n) is 4.70. The monoisotopic (exact) mass is 233 g/mol. The van der Waals surface area contributed by atoms with Crippen LogP contribution in [0.2, 0.25) is 0 Å². The summed E-state index contributed by atoms with van der Waals surface area (Å²) in [4.78, 5) is 0. The highest BCUT2D eigenvalue weighted by Crippen LogP contribution is 2.13. The Bertz CT molecular complexity index is 319. The van der Waals surface area contributed by atoms with Crippen molar-refractivity contribution >= 4 is 11.6 Å². The summed E-state index contributed by atoms with van der Waals surface area (Å²) in [5.41, 5.74) is -0.285. The standard InChI is InChI=1S/C11H14ClF2N/c1-11(2,7-12)15-6-8-9(13)4-3-5-10(8)14/h3-5,15H,6-7H2,1-2H3. The molecular weight excluding hydrogens is 220 g/mol. The molecule has 15 heavy (non-hydrogen) atoms. The Balaban J connectivity index is 2.73. The van der Waals surface area contributed by atoms with Crippen LogP contribution in [0, 0.1) is 11.6 Å². The van der Waals surface area contributed by atoms with Gasteiger partial charge in [0.25, 0.3) is 0 Å². The Morgan fingerprint density at radius 3 is 2.27 bits per heavy atom. The van der Waals surface area contributed by atoms with Gasteiger partial charge in [0.05, 0.1) is 0 Å². The van der Waals surface area contributed by atoms with E-state index in [9.17, 15) is 8.78 Å². The first-order chi connectivity index (χ1) is 6.96.